The molecule has 8 aliphatic rings. The van der Waals surface area contributed by atoms with Crippen LogP contribution in [-0.2, 0) is 0 Å². The van der Waals surface area contributed by atoms with E-state index in [1.54, 1.807) is 0 Å². The fourth-order valence-corrected chi connectivity index (χ4v) is 12.2. The molecule has 0 spiro atoms. The third-order valence-corrected chi connectivity index (χ3v) is 15.3. The average molecular weight is 884 g/mol. The summed E-state index contributed by atoms with van der Waals surface area (Å²) < 4.78 is 7.28. The van der Waals surface area contributed by atoms with E-state index < -0.39 is 0 Å². The Balaban J connectivity index is 0.990. The second-order valence-corrected chi connectivity index (χ2v) is 19.1. The van der Waals surface area contributed by atoms with Crippen LogP contribution < -0.4 is 15.0 Å². The zero-order valence-electron chi connectivity index (χ0n) is 38.0. The number of amidine groups is 2. The number of allylic oxidation sites excluding steroid dienone is 14. The summed E-state index contributed by atoms with van der Waals surface area (Å²) in [7, 11) is 0. The second kappa shape index (κ2) is 17.3. The van der Waals surface area contributed by atoms with Gasteiger partial charge in [-0.15, -0.1) is 0 Å². The van der Waals surface area contributed by atoms with E-state index in [-0.39, 0.29) is 36.1 Å². The lowest BCUT2D eigenvalue weighted by molar-refractivity contribution is 0.190. The van der Waals surface area contributed by atoms with E-state index in [9.17, 15) is 0 Å². The van der Waals surface area contributed by atoms with Crippen molar-refractivity contribution in [2.75, 3.05) is 4.90 Å². The number of benzene rings is 4. The van der Waals surface area contributed by atoms with Crippen molar-refractivity contribution in [2.24, 2.45) is 33.7 Å². The number of rotatable bonds is 8. The molecular weight excluding hydrogens is 831 g/mol. The van der Waals surface area contributed by atoms with Crippen molar-refractivity contribution in [3.05, 3.63) is 229 Å². The molecule has 4 aromatic carbocycles. The molecule has 3 aliphatic heterocycles. The lowest BCUT2D eigenvalue weighted by Crippen LogP contribution is -2.42. The zero-order valence-corrected chi connectivity index (χ0v) is 38.0. The van der Waals surface area contributed by atoms with Gasteiger partial charge in [0.25, 0.3) is 0 Å². The van der Waals surface area contributed by atoms with E-state index in [2.05, 4.69) is 217 Å². The monoisotopic (exact) mass is 883 g/mol. The van der Waals surface area contributed by atoms with Crippen LogP contribution in [0.15, 0.2) is 222 Å². The maximum Gasteiger partial charge on any atom is 0.150 e. The predicted molar refractivity (Wildman–Crippen MR) is 278 cm³/mol. The van der Waals surface area contributed by atoms with Crippen LogP contribution in [0.1, 0.15) is 54.7 Å². The third kappa shape index (κ3) is 7.04. The smallest absolute Gasteiger partial charge is 0.150 e. The summed E-state index contributed by atoms with van der Waals surface area (Å²) in [6, 6.07) is 37.8. The summed E-state index contributed by atoms with van der Waals surface area (Å²) in [6.07, 6.45) is 42.5. The molecule has 1 saturated heterocycles. The van der Waals surface area contributed by atoms with Gasteiger partial charge in [0, 0.05) is 69.4 Å². The molecule has 6 nitrogen and oxygen atoms in total. The Bertz CT molecular complexity index is 3160. The molecule has 332 valence electrons. The van der Waals surface area contributed by atoms with Gasteiger partial charge in [0.15, 0.2) is 6.17 Å². The molecule has 68 heavy (non-hydrogen) atoms. The highest BCUT2D eigenvalue weighted by molar-refractivity contribution is 6.15. The van der Waals surface area contributed by atoms with Gasteiger partial charge in [0.1, 0.15) is 23.5 Å². The molecule has 4 heterocycles. The van der Waals surface area contributed by atoms with Crippen molar-refractivity contribution in [3.8, 4) is 39.3 Å². The summed E-state index contributed by atoms with van der Waals surface area (Å²) in [5.74, 6) is 3.80. The number of aliphatic imine (C=N–C) groups is 2. The van der Waals surface area contributed by atoms with Gasteiger partial charge in [-0.1, -0.05) is 164 Å². The lowest BCUT2D eigenvalue weighted by atomic mass is 9.69. The van der Waals surface area contributed by atoms with Crippen LogP contribution in [0.25, 0.3) is 39.1 Å². The van der Waals surface area contributed by atoms with Crippen molar-refractivity contribution in [1.29, 1.82) is 0 Å². The Morgan fingerprint density at radius 3 is 2.25 bits per heavy atom. The molecule has 1 fully saturated rings. The highest BCUT2D eigenvalue weighted by Crippen LogP contribution is 2.59. The first kappa shape index (κ1) is 40.7. The molecule has 0 radical (unpaired) electrons. The van der Waals surface area contributed by atoms with E-state index >= 15 is 0 Å². The predicted octanol–water partition coefficient (Wildman–Crippen LogP) is 13.5. The van der Waals surface area contributed by atoms with Crippen LogP contribution in [0.2, 0.25) is 0 Å². The molecule has 6 heteroatoms. The molecular formula is C62H53N5O. The normalized spacial score (nSPS) is 27.0. The Labute approximate surface area is 399 Å². The van der Waals surface area contributed by atoms with Crippen LogP contribution in [-0.4, -0.2) is 35.0 Å². The highest BCUT2D eigenvalue weighted by atomic mass is 16.5. The van der Waals surface area contributed by atoms with E-state index in [4.69, 9.17) is 19.7 Å². The van der Waals surface area contributed by atoms with Crippen LogP contribution in [0.4, 0.5) is 5.69 Å². The topological polar surface area (TPSA) is 62.1 Å². The fourth-order valence-electron chi connectivity index (χ4n) is 12.2. The number of nitrogens with zero attached hydrogens (tertiary/aromatic N) is 4. The summed E-state index contributed by atoms with van der Waals surface area (Å²) in [5, 5.41) is 3.86. The highest BCUT2D eigenvalue weighted by Gasteiger charge is 2.55. The SMILES string of the molecule is C1=CCCC(c2cccc(-c3ccccc3)c2-c2cnc(-c3cccc4c3OC3C=CC5C(C6CC=CC=C6N5c5ccccc5)C43)c(C3=NC(C4C=CC=CC4)N=C(C4C=CC=CC4)N3)c2)=C1. The number of hydrogen-bond acceptors (Lipinski definition) is 6. The molecule has 1 aromatic heterocycles. The van der Waals surface area contributed by atoms with Crippen LogP contribution in [0.5, 0.6) is 5.75 Å². The van der Waals surface area contributed by atoms with Crippen LogP contribution in [0.3, 0.4) is 0 Å². The van der Waals surface area contributed by atoms with Crippen molar-refractivity contribution < 1.29 is 4.74 Å². The minimum Gasteiger partial charge on any atom is -0.485 e. The number of aromatic nitrogens is 1. The minimum atomic E-state index is -0.297. The van der Waals surface area contributed by atoms with Gasteiger partial charge in [-0.2, -0.15) is 0 Å². The van der Waals surface area contributed by atoms with E-state index in [1.165, 1.54) is 44.8 Å². The van der Waals surface area contributed by atoms with Crippen molar-refractivity contribution in [2.45, 2.75) is 56.3 Å². The van der Waals surface area contributed by atoms with Crippen molar-refractivity contribution in [3.63, 3.8) is 0 Å². The quantitative estimate of drug-likeness (QED) is 0.158. The number of fused-ring (bicyclic) bond motifs is 7. The molecule has 0 amide bonds. The van der Waals surface area contributed by atoms with Crippen molar-refractivity contribution >= 4 is 22.9 Å². The van der Waals surface area contributed by atoms with Gasteiger partial charge < -0.3 is 15.0 Å². The Kier molecular flexibility index (Phi) is 10.3. The number of hydrogen-bond donors (Lipinski definition) is 1. The molecule has 0 saturated carbocycles. The maximum absolute atomic E-state index is 7.28. The fraction of sp³-hybridized carbons (Fsp3) is 0.210. The van der Waals surface area contributed by atoms with Crippen LogP contribution in [0, 0.1) is 23.7 Å². The van der Waals surface area contributed by atoms with E-state index in [0.717, 1.165) is 71.9 Å². The molecule has 8 atom stereocenters. The molecule has 5 aromatic rings. The number of anilines is 1. The van der Waals surface area contributed by atoms with Crippen molar-refractivity contribution in [1.82, 2.24) is 10.3 Å². The third-order valence-electron chi connectivity index (χ3n) is 15.3. The number of nitrogens with one attached hydrogen (secondary N) is 1. The zero-order chi connectivity index (χ0) is 45.0. The Hall–Kier alpha value is -7.57. The first-order chi connectivity index (χ1) is 33.7. The first-order valence-corrected chi connectivity index (χ1v) is 24.6. The summed E-state index contributed by atoms with van der Waals surface area (Å²) in [4.78, 5) is 19.2. The summed E-state index contributed by atoms with van der Waals surface area (Å²) in [6.45, 7) is 0. The summed E-state index contributed by atoms with van der Waals surface area (Å²) in [5.41, 5.74) is 13.8. The first-order valence-electron chi connectivity index (χ1n) is 24.6. The Morgan fingerprint density at radius 2 is 1.43 bits per heavy atom. The molecule has 5 aliphatic carbocycles. The molecule has 13 rings (SSSR count). The number of pyridine rings is 1. The number of ether oxygens (including phenoxy) is 1. The van der Waals surface area contributed by atoms with Gasteiger partial charge in [-0.05, 0) is 96.3 Å². The summed E-state index contributed by atoms with van der Waals surface area (Å²) >= 11 is 0. The maximum atomic E-state index is 7.28. The van der Waals surface area contributed by atoms with Gasteiger partial charge >= 0.3 is 0 Å². The second-order valence-electron chi connectivity index (χ2n) is 19.1. The van der Waals surface area contributed by atoms with Gasteiger partial charge in [-0.3, -0.25) is 4.98 Å². The Morgan fingerprint density at radius 1 is 0.632 bits per heavy atom. The molecule has 8 unspecified atom stereocenters. The van der Waals surface area contributed by atoms with Gasteiger partial charge in [-0.25, -0.2) is 9.98 Å². The van der Waals surface area contributed by atoms with Crippen LogP contribution >= 0.6 is 0 Å². The van der Waals surface area contributed by atoms with E-state index in [1.807, 2.05) is 0 Å². The van der Waals surface area contributed by atoms with Gasteiger partial charge in [0.05, 0.1) is 11.7 Å². The lowest BCUT2D eigenvalue weighted by Gasteiger charge is -2.35. The largest absolute Gasteiger partial charge is 0.485 e. The van der Waals surface area contributed by atoms with Gasteiger partial charge in [0.2, 0.25) is 0 Å². The molecule has 1 N–H and O–H groups in total. The average Bonchev–Trinajstić information content (AvgIpc) is 3.98. The van der Waals surface area contributed by atoms with E-state index in [0.29, 0.717) is 11.8 Å². The standard InChI is InChI=1S/C62H53N5O/c1-6-20-40(21-7-1)46-31-18-32-47(41-22-8-2-9-23-41)55(46)44-38-51(62-65-60(42-24-10-3-11-25-42)64-61(66-62)43-26-12-4-13-27-43)58(63-39-44)50-34-19-33-49-57-54(68-59(49)50)37-36-53-56(57)48-30-16-17-35-52(48)67(53)45-28-14-5-15-29-45/h1-8,10-22,24,26,28-29,31-39,42-43,48,53-54,56-57,60H,9,23,25,27,30H2,(H,64,65,66). The molecule has 0 bridgehead atoms. The number of para-hydroxylation sites is 2. The minimum absolute atomic E-state index is 0.0818.